The van der Waals surface area contributed by atoms with Crippen molar-refractivity contribution < 1.29 is 4.39 Å². The second kappa shape index (κ2) is 8.11. The molecular weight excluding hydrogens is 421 g/mol. The minimum absolute atomic E-state index is 0.218. The highest BCUT2D eigenvalue weighted by Crippen LogP contribution is 2.30. The van der Waals surface area contributed by atoms with Crippen LogP contribution in [-0.2, 0) is 12.8 Å². The van der Waals surface area contributed by atoms with Crippen LogP contribution in [0, 0.1) is 5.82 Å². The molecule has 1 fully saturated rings. The largest absolute Gasteiger partial charge is 0.368 e. The lowest BCUT2D eigenvalue weighted by Gasteiger charge is -2.35. The number of nitrogens with two attached hydrogens (primary N) is 1. The zero-order valence-electron chi connectivity index (χ0n) is 16.2. The van der Waals surface area contributed by atoms with Crippen molar-refractivity contribution in [3.05, 3.63) is 52.2 Å². The fourth-order valence-corrected chi connectivity index (χ4v) is 5.21. The number of rotatable bonds is 5. The van der Waals surface area contributed by atoms with Crippen LogP contribution in [0.15, 0.2) is 35.8 Å². The van der Waals surface area contributed by atoms with E-state index in [2.05, 4.69) is 24.8 Å². The first-order chi connectivity index (χ1) is 14.7. The zero-order chi connectivity index (χ0) is 20.5. The maximum Gasteiger partial charge on any atom is 0.223 e. The smallest absolute Gasteiger partial charge is 0.223 e. The van der Waals surface area contributed by atoms with Crippen LogP contribution in [0.25, 0.3) is 10.3 Å². The molecule has 5 rings (SSSR count). The van der Waals surface area contributed by atoms with E-state index in [0.717, 1.165) is 70.9 Å². The number of hydrogen-bond acceptors (Lipinski definition) is 9. The fourth-order valence-electron chi connectivity index (χ4n) is 3.58. The molecule has 0 aliphatic carbocycles. The molecule has 30 heavy (non-hydrogen) atoms. The molecule has 2 N–H and O–H groups in total. The molecule has 0 amide bonds. The summed E-state index contributed by atoms with van der Waals surface area (Å²) >= 11 is 3.21. The number of thiazole rings is 2. The van der Waals surface area contributed by atoms with Gasteiger partial charge < -0.3 is 15.5 Å². The lowest BCUT2D eigenvalue weighted by atomic mass is 10.1. The molecule has 0 saturated carbocycles. The molecular formula is C20H20FN7S2. The Labute approximate surface area is 181 Å². The van der Waals surface area contributed by atoms with Crippen molar-refractivity contribution in [3.63, 3.8) is 0 Å². The first-order valence-corrected chi connectivity index (χ1v) is 11.4. The van der Waals surface area contributed by atoms with Crippen molar-refractivity contribution in [1.82, 2.24) is 19.9 Å². The van der Waals surface area contributed by atoms with E-state index in [1.807, 2.05) is 23.7 Å². The van der Waals surface area contributed by atoms with Crippen molar-refractivity contribution in [2.24, 2.45) is 0 Å². The number of anilines is 3. The summed E-state index contributed by atoms with van der Waals surface area (Å²) in [6, 6.07) is 6.61. The van der Waals surface area contributed by atoms with Crippen molar-refractivity contribution >= 4 is 49.9 Å². The summed E-state index contributed by atoms with van der Waals surface area (Å²) in [6.07, 6.45) is 3.40. The van der Waals surface area contributed by atoms with Crippen LogP contribution in [0.2, 0.25) is 0 Å². The Hall–Kier alpha value is -2.85. The van der Waals surface area contributed by atoms with E-state index >= 15 is 0 Å². The van der Waals surface area contributed by atoms with E-state index in [1.54, 1.807) is 22.7 Å². The molecule has 1 aliphatic heterocycles. The van der Waals surface area contributed by atoms with Gasteiger partial charge in [-0.1, -0.05) is 23.5 Å². The average molecular weight is 442 g/mol. The van der Waals surface area contributed by atoms with Gasteiger partial charge in [-0.05, 0) is 24.1 Å². The van der Waals surface area contributed by atoms with Gasteiger partial charge in [0, 0.05) is 44.2 Å². The Kier molecular flexibility index (Phi) is 5.17. The van der Waals surface area contributed by atoms with Crippen molar-refractivity contribution in [2.45, 2.75) is 12.8 Å². The van der Waals surface area contributed by atoms with Crippen LogP contribution in [-0.4, -0.2) is 46.1 Å². The Balaban J connectivity index is 1.34. The number of nitrogen functional groups attached to an aromatic ring is 1. The van der Waals surface area contributed by atoms with E-state index in [9.17, 15) is 4.39 Å². The summed E-state index contributed by atoms with van der Waals surface area (Å²) in [5.74, 6) is 0.859. The number of benzene rings is 1. The van der Waals surface area contributed by atoms with Gasteiger partial charge in [0.1, 0.15) is 11.3 Å². The van der Waals surface area contributed by atoms with Crippen LogP contribution in [0.3, 0.4) is 0 Å². The van der Waals surface area contributed by atoms with E-state index in [1.165, 1.54) is 12.1 Å². The third kappa shape index (κ3) is 3.92. The van der Waals surface area contributed by atoms with E-state index in [4.69, 9.17) is 10.7 Å². The van der Waals surface area contributed by atoms with Crippen molar-refractivity contribution in [3.8, 4) is 0 Å². The van der Waals surface area contributed by atoms with Gasteiger partial charge in [-0.3, -0.25) is 0 Å². The molecule has 4 heterocycles. The van der Waals surface area contributed by atoms with Crippen LogP contribution in [0.5, 0.6) is 0 Å². The molecule has 1 aliphatic rings. The number of halogens is 1. The highest BCUT2D eigenvalue weighted by atomic mass is 32.1. The maximum absolute atomic E-state index is 13.1. The lowest BCUT2D eigenvalue weighted by molar-refractivity contribution is 0.627. The van der Waals surface area contributed by atoms with Crippen molar-refractivity contribution in [1.29, 1.82) is 0 Å². The first-order valence-electron chi connectivity index (χ1n) is 9.72. The monoisotopic (exact) mass is 441 g/mol. The van der Waals surface area contributed by atoms with E-state index in [-0.39, 0.29) is 11.8 Å². The number of aromatic nitrogens is 4. The second-order valence-corrected chi connectivity index (χ2v) is 9.02. The number of hydrogen-bond donors (Lipinski definition) is 1. The Morgan fingerprint density at radius 2 is 1.73 bits per heavy atom. The Morgan fingerprint density at radius 3 is 2.47 bits per heavy atom. The standard InChI is InChI=1S/C20H20FN7S2/c21-14-4-1-13(2-5-14)3-6-15-24-16-17(25-19(22)26-18(16)30-15)27-8-10-28(11-9-27)20-23-7-12-29-20/h1-2,4-5,7,12H,3,6,8-11H2,(H2,22,25,26). The lowest BCUT2D eigenvalue weighted by Crippen LogP contribution is -2.47. The minimum Gasteiger partial charge on any atom is -0.368 e. The summed E-state index contributed by atoms with van der Waals surface area (Å²) in [6.45, 7) is 3.40. The van der Waals surface area contributed by atoms with Gasteiger partial charge in [0.05, 0.1) is 5.01 Å². The topological polar surface area (TPSA) is 84.1 Å². The van der Waals surface area contributed by atoms with Crippen molar-refractivity contribution in [2.75, 3.05) is 41.7 Å². The summed E-state index contributed by atoms with van der Waals surface area (Å²) in [7, 11) is 0. The number of aryl methyl sites for hydroxylation is 2. The zero-order valence-corrected chi connectivity index (χ0v) is 17.8. The summed E-state index contributed by atoms with van der Waals surface area (Å²) in [5, 5.41) is 4.04. The molecule has 154 valence electrons. The first kappa shape index (κ1) is 19.1. The summed E-state index contributed by atoms with van der Waals surface area (Å²) in [4.78, 5) is 23.5. The molecule has 3 aromatic heterocycles. The van der Waals surface area contributed by atoms with Gasteiger partial charge in [0.2, 0.25) is 5.95 Å². The minimum atomic E-state index is -0.218. The highest BCUT2D eigenvalue weighted by Gasteiger charge is 2.23. The SMILES string of the molecule is Nc1nc(N2CCN(c3nccs3)CC2)c2nc(CCc3ccc(F)cc3)sc2n1. The van der Waals surface area contributed by atoms with Gasteiger partial charge in [0.25, 0.3) is 0 Å². The molecule has 1 saturated heterocycles. The van der Waals surface area contributed by atoms with Gasteiger partial charge >= 0.3 is 0 Å². The molecule has 0 spiro atoms. The third-order valence-electron chi connectivity index (χ3n) is 5.11. The van der Waals surface area contributed by atoms with Crippen LogP contribution in [0.1, 0.15) is 10.6 Å². The van der Waals surface area contributed by atoms with Crippen LogP contribution in [0.4, 0.5) is 21.3 Å². The maximum atomic E-state index is 13.1. The van der Waals surface area contributed by atoms with Gasteiger partial charge in [-0.2, -0.15) is 4.98 Å². The number of piperazine rings is 1. The molecule has 10 heteroatoms. The summed E-state index contributed by atoms with van der Waals surface area (Å²) < 4.78 is 13.1. The average Bonchev–Trinajstić information content (AvgIpc) is 3.43. The van der Waals surface area contributed by atoms with Crippen LogP contribution >= 0.6 is 22.7 Å². The quantitative estimate of drug-likeness (QED) is 0.508. The Morgan fingerprint density at radius 1 is 0.967 bits per heavy atom. The fraction of sp³-hybridized carbons (Fsp3) is 0.300. The molecule has 1 aromatic carbocycles. The Bertz CT molecular complexity index is 1140. The van der Waals surface area contributed by atoms with Gasteiger partial charge in [0.15, 0.2) is 15.8 Å². The van der Waals surface area contributed by atoms with Gasteiger partial charge in [-0.15, -0.1) is 11.3 Å². The molecule has 0 atom stereocenters. The molecule has 0 bridgehead atoms. The van der Waals surface area contributed by atoms with E-state index < -0.39 is 0 Å². The third-order valence-corrected chi connectivity index (χ3v) is 6.95. The molecule has 0 radical (unpaired) electrons. The number of nitrogens with zero attached hydrogens (tertiary/aromatic N) is 6. The normalized spacial score (nSPS) is 14.6. The molecule has 0 unspecified atom stereocenters. The molecule has 7 nitrogen and oxygen atoms in total. The van der Waals surface area contributed by atoms with E-state index in [0.29, 0.717) is 0 Å². The molecule has 4 aromatic rings. The second-order valence-electron chi connectivity index (χ2n) is 7.08. The summed E-state index contributed by atoms with van der Waals surface area (Å²) in [5.41, 5.74) is 7.89. The van der Waals surface area contributed by atoms with Gasteiger partial charge in [-0.25, -0.2) is 19.3 Å². The predicted molar refractivity (Wildman–Crippen MR) is 120 cm³/mol. The number of fused-ring (bicyclic) bond motifs is 1. The predicted octanol–water partition coefficient (Wildman–Crippen LogP) is 3.38. The highest BCUT2D eigenvalue weighted by molar-refractivity contribution is 7.18. The van der Waals surface area contributed by atoms with Crippen LogP contribution < -0.4 is 15.5 Å².